The predicted molar refractivity (Wildman–Crippen MR) is 93.4 cm³/mol. The number of nitrogens with zero attached hydrogens (tertiary/aromatic N) is 3. The van der Waals surface area contributed by atoms with E-state index in [0.717, 1.165) is 6.07 Å². The van der Waals surface area contributed by atoms with Crippen molar-refractivity contribution in [3.8, 4) is 11.5 Å². The van der Waals surface area contributed by atoms with Gasteiger partial charge >= 0.3 is 6.36 Å². The predicted octanol–water partition coefficient (Wildman–Crippen LogP) is 2.52. The quantitative estimate of drug-likeness (QED) is 0.733. The van der Waals surface area contributed by atoms with E-state index in [1.807, 2.05) is 0 Å². The fourth-order valence-electron chi connectivity index (χ4n) is 3.03. The molecular formula is C18H18F4N4O4. The molecule has 30 heavy (non-hydrogen) atoms. The standard InChI is InChI=1S/C18H18F4N4O4/c1-10(17(28)26-7-5-13(6-8-26)29-18(20,21)22)23-15(27)14-24-16(30-25-14)11-3-2-4-12(19)9-11/h2-4,9-10,13H,5-8H2,1H3,(H,23,27). The van der Waals surface area contributed by atoms with Crippen LogP contribution in [0.25, 0.3) is 11.5 Å². The molecule has 1 aliphatic rings. The zero-order valence-corrected chi connectivity index (χ0v) is 15.8. The summed E-state index contributed by atoms with van der Waals surface area (Å²) in [5, 5.41) is 5.94. The number of amides is 2. The van der Waals surface area contributed by atoms with E-state index < -0.39 is 36.1 Å². The minimum atomic E-state index is -4.72. The number of likely N-dealkylation sites (tertiary alicyclic amines) is 1. The molecule has 8 nitrogen and oxygen atoms in total. The van der Waals surface area contributed by atoms with Gasteiger partial charge in [-0.3, -0.25) is 14.3 Å². The van der Waals surface area contributed by atoms with Crippen molar-refractivity contribution >= 4 is 11.8 Å². The second kappa shape index (κ2) is 8.78. The summed E-state index contributed by atoms with van der Waals surface area (Å²) in [6, 6.07) is 4.40. The van der Waals surface area contributed by atoms with Gasteiger partial charge in [0.15, 0.2) is 0 Å². The van der Waals surface area contributed by atoms with Gasteiger partial charge in [0.2, 0.25) is 5.91 Å². The summed E-state index contributed by atoms with van der Waals surface area (Å²) in [5.74, 6) is -2.16. The Bertz CT molecular complexity index is 910. The van der Waals surface area contributed by atoms with Gasteiger partial charge in [-0.05, 0) is 38.0 Å². The van der Waals surface area contributed by atoms with Crippen LogP contribution in [0, 0.1) is 5.82 Å². The first-order valence-electron chi connectivity index (χ1n) is 9.06. The lowest BCUT2D eigenvalue weighted by Gasteiger charge is -2.33. The number of alkyl halides is 3. The average Bonchev–Trinajstić information content (AvgIpc) is 3.17. The molecular weight excluding hydrogens is 412 g/mol. The van der Waals surface area contributed by atoms with Gasteiger partial charge in [-0.2, -0.15) is 4.98 Å². The van der Waals surface area contributed by atoms with Gasteiger partial charge in [0.05, 0.1) is 6.10 Å². The summed E-state index contributed by atoms with van der Waals surface area (Å²) in [5.41, 5.74) is 0.287. The first-order valence-corrected chi connectivity index (χ1v) is 9.06. The highest BCUT2D eigenvalue weighted by molar-refractivity contribution is 5.94. The lowest BCUT2D eigenvalue weighted by atomic mass is 10.1. The number of nitrogens with one attached hydrogen (secondary N) is 1. The van der Waals surface area contributed by atoms with Crippen LogP contribution < -0.4 is 5.32 Å². The van der Waals surface area contributed by atoms with Gasteiger partial charge in [-0.1, -0.05) is 11.2 Å². The minimum absolute atomic E-state index is 0.0355. The highest BCUT2D eigenvalue weighted by Crippen LogP contribution is 2.24. The third kappa shape index (κ3) is 5.53. The van der Waals surface area contributed by atoms with E-state index in [4.69, 9.17) is 4.52 Å². The molecule has 0 spiro atoms. The molecule has 0 saturated carbocycles. The maximum Gasteiger partial charge on any atom is 0.522 e. The number of ether oxygens (including phenoxy) is 1. The summed E-state index contributed by atoms with van der Waals surface area (Å²) in [6.45, 7) is 1.59. The van der Waals surface area contributed by atoms with Crippen molar-refractivity contribution < 1.29 is 36.4 Å². The van der Waals surface area contributed by atoms with Gasteiger partial charge in [0.1, 0.15) is 11.9 Å². The first kappa shape index (κ1) is 21.7. The van der Waals surface area contributed by atoms with Gasteiger partial charge in [0.25, 0.3) is 17.6 Å². The Hall–Kier alpha value is -3.02. The van der Waals surface area contributed by atoms with E-state index in [1.165, 1.54) is 30.0 Å². The Morgan fingerprint density at radius 3 is 2.63 bits per heavy atom. The van der Waals surface area contributed by atoms with Crippen LogP contribution in [-0.2, 0) is 9.53 Å². The summed E-state index contributed by atoms with van der Waals surface area (Å²) in [6.07, 6.45) is -5.64. The van der Waals surface area contributed by atoms with Gasteiger partial charge in [-0.25, -0.2) is 4.39 Å². The normalized spacial score (nSPS) is 16.4. The first-order chi connectivity index (χ1) is 14.1. The molecule has 3 rings (SSSR count). The molecule has 162 valence electrons. The Kier molecular flexibility index (Phi) is 6.34. The highest BCUT2D eigenvalue weighted by atomic mass is 19.4. The number of carbonyl (C=O) groups excluding carboxylic acids is 2. The summed E-state index contributed by atoms with van der Waals surface area (Å²) < 4.78 is 59.0. The van der Waals surface area contributed by atoms with Crippen molar-refractivity contribution in [2.75, 3.05) is 13.1 Å². The van der Waals surface area contributed by atoms with Crippen LogP contribution >= 0.6 is 0 Å². The van der Waals surface area contributed by atoms with Crippen molar-refractivity contribution in [3.63, 3.8) is 0 Å². The van der Waals surface area contributed by atoms with E-state index >= 15 is 0 Å². The number of rotatable bonds is 5. The topological polar surface area (TPSA) is 97.6 Å². The van der Waals surface area contributed by atoms with Gasteiger partial charge in [-0.15, -0.1) is 13.2 Å². The molecule has 2 heterocycles. The monoisotopic (exact) mass is 430 g/mol. The maximum absolute atomic E-state index is 13.3. The molecule has 1 fully saturated rings. The van der Waals surface area contributed by atoms with Crippen LogP contribution in [0.4, 0.5) is 17.6 Å². The third-order valence-electron chi connectivity index (χ3n) is 4.47. The lowest BCUT2D eigenvalue weighted by Crippen LogP contribution is -2.50. The summed E-state index contributed by atoms with van der Waals surface area (Å²) in [4.78, 5) is 30.0. The fourth-order valence-corrected chi connectivity index (χ4v) is 3.03. The second-order valence-corrected chi connectivity index (χ2v) is 6.72. The summed E-state index contributed by atoms with van der Waals surface area (Å²) in [7, 11) is 0. The molecule has 12 heteroatoms. The molecule has 2 aromatic rings. The van der Waals surface area contributed by atoms with Gasteiger partial charge < -0.3 is 14.7 Å². The molecule has 0 aliphatic carbocycles. The Morgan fingerprint density at radius 1 is 1.30 bits per heavy atom. The molecule has 1 unspecified atom stereocenters. The molecule has 0 bridgehead atoms. The number of carbonyl (C=O) groups is 2. The number of aromatic nitrogens is 2. The lowest BCUT2D eigenvalue weighted by molar-refractivity contribution is -0.345. The van der Waals surface area contributed by atoms with Crippen LogP contribution in [0.1, 0.15) is 30.4 Å². The molecule has 1 atom stereocenters. The SMILES string of the molecule is CC(NC(=O)c1noc(-c2cccc(F)c2)n1)C(=O)N1CCC(OC(F)(F)F)CC1. The zero-order valence-electron chi connectivity index (χ0n) is 15.8. The van der Waals surface area contributed by atoms with Gasteiger partial charge in [0, 0.05) is 18.7 Å². The van der Waals surface area contributed by atoms with Crippen molar-refractivity contribution in [3.05, 3.63) is 35.9 Å². The van der Waals surface area contributed by atoms with Crippen LogP contribution in [0.2, 0.25) is 0 Å². The van der Waals surface area contributed by atoms with E-state index in [0.29, 0.717) is 0 Å². The summed E-state index contributed by atoms with van der Waals surface area (Å²) >= 11 is 0. The zero-order chi connectivity index (χ0) is 21.9. The van der Waals surface area contributed by atoms with Crippen molar-refractivity contribution in [1.29, 1.82) is 0 Å². The van der Waals surface area contributed by atoms with E-state index in [1.54, 1.807) is 0 Å². The minimum Gasteiger partial charge on any atom is -0.341 e. The maximum atomic E-state index is 13.3. The van der Waals surface area contributed by atoms with Crippen molar-refractivity contribution in [2.45, 2.75) is 38.3 Å². The molecule has 2 amide bonds. The van der Waals surface area contributed by atoms with Crippen LogP contribution in [0.3, 0.4) is 0 Å². The smallest absolute Gasteiger partial charge is 0.341 e. The largest absolute Gasteiger partial charge is 0.522 e. The molecule has 1 saturated heterocycles. The van der Waals surface area contributed by atoms with E-state index in [2.05, 4.69) is 20.2 Å². The van der Waals surface area contributed by atoms with E-state index in [-0.39, 0.29) is 43.2 Å². The third-order valence-corrected chi connectivity index (χ3v) is 4.47. The van der Waals surface area contributed by atoms with Crippen LogP contribution in [0.15, 0.2) is 28.8 Å². The number of hydrogen-bond acceptors (Lipinski definition) is 6. The average molecular weight is 430 g/mol. The molecule has 1 N–H and O–H groups in total. The number of hydrogen-bond donors (Lipinski definition) is 1. The number of piperidine rings is 1. The van der Waals surface area contributed by atoms with Crippen molar-refractivity contribution in [2.24, 2.45) is 0 Å². The number of benzene rings is 1. The Morgan fingerprint density at radius 2 is 2.00 bits per heavy atom. The second-order valence-electron chi connectivity index (χ2n) is 6.72. The van der Waals surface area contributed by atoms with Crippen LogP contribution in [0.5, 0.6) is 0 Å². The highest BCUT2D eigenvalue weighted by Gasteiger charge is 2.36. The fraction of sp³-hybridized carbons (Fsp3) is 0.444. The Labute approximate surface area is 168 Å². The molecule has 1 aliphatic heterocycles. The molecule has 1 aromatic heterocycles. The van der Waals surface area contributed by atoms with Crippen LogP contribution in [-0.4, -0.2) is 58.5 Å². The van der Waals surface area contributed by atoms with E-state index in [9.17, 15) is 27.2 Å². The van der Waals surface area contributed by atoms with Crippen molar-refractivity contribution in [1.82, 2.24) is 20.4 Å². The molecule has 1 aromatic carbocycles. The molecule has 0 radical (unpaired) electrons. The Balaban J connectivity index is 1.54. The number of halogens is 4.